The van der Waals surface area contributed by atoms with Gasteiger partial charge in [0.2, 0.25) is 0 Å². The molecule has 0 unspecified atom stereocenters. The molecule has 0 bridgehead atoms. The summed E-state index contributed by atoms with van der Waals surface area (Å²) in [5.41, 5.74) is 1.10. The molecule has 0 aromatic heterocycles. The second-order valence-corrected chi connectivity index (χ2v) is 4.12. The van der Waals surface area contributed by atoms with E-state index in [4.69, 9.17) is 9.47 Å². The highest BCUT2D eigenvalue weighted by molar-refractivity contribution is 5.74. The van der Waals surface area contributed by atoms with E-state index in [9.17, 15) is 4.79 Å². The molecule has 4 heteroatoms. The third kappa shape index (κ3) is 2.42. The number of methoxy groups -OCH3 is 2. The lowest BCUT2D eigenvalue weighted by atomic mass is 9.94. The second kappa shape index (κ2) is 5.19. The predicted molar refractivity (Wildman–Crippen MR) is 63.9 cm³/mol. The van der Waals surface area contributed by atoms with Gasteiger partial charge in [0.15, 0.2) is 0 Å². The van der Waals surface area contributed by atoms with E-state index in [2.05, 4.69) is 5.32 Å². The van der Waals surface area contributed by atoms with Crippen molar-refractivity contribution in [1.82, 2.24) is 5.32 Å². The zero-order chi connectivity index (χ0) is 12.3. The minimum atomic E-state index is -0.143. The minimum Gasteiger partial charge on any atom is -0.497 e. The Labute approximate surface area is 101 Å². The molecule has 92 valence electrons. The Morgan fingerprint density at radius 2 is 2.00 bits per heavy atom. The first-order chi connectivity index (χ1) is 8.26. The molecular weight excluding hydrogens is 218 g/mol. The number of hydrogen-bond acceptors (Lipinski definition) is 4. The molecule has 0 radical (unpaired) electrons. The van der Waals surface area contributed by atoms with Crippen molar-refractivity contribution in [2.45, 2.75) is 12.5 Å². The van der Waals surface area contributed by atoms with Gasteiger partial charge in [0.05, 0.1) is 20.1 Å². The first kappa shape index (κ1) is 11.9. The lowest BCUT2D eigenvalue weighted by Gasteiger charge is -2.18. The van der Waals surface area contributed by atoms with Crippen molar-refractivity contribution in [3.8, 4) is 5.75 Å². The number of benzene rings is 1. The van der Waals surface area contributed by atoms with Crippen LogP contribution in [0.2, 0.25) is 0 Å². The summed E-state index contributed by atoms with van der Waals surface area (Å²) >= 11 is 0. The van der Waals surface area contributed by atoms with Gasteiger partial charge in [-0.1, -0.05) is 12.1 Å². The number of rotatable bonds is 3. The number of carbonyl (C=O) groups excluding carboxylic acids is 1. The van der Waals surface area contributed by atoms with E-state index < -0.39 is 0 Å². The van der Waals surface area contributed by atoms with E-state index in [1.165, 1.54) is 7.11 Å². The van der Waals surface area contributed by atoms with E-state index >= 15 is 0 Å². The van der Waals surface area contributed by atoms with E-state index in [0.29, 0.717) is 0 Å². The number of ether oxygens (including phenoxy) is 2. The summed E-state index contributed by atoms with van der Waals surface area (Å²) in [4.78, 5) is 11.6. The van der Waals surface area contributed by atoms with Gasteiger partial charge in [-0.2, -0.15) is 0 Å². The number of carbonyl (C=O) groups is 1. The topological polar surface area (TPSA) is 47.6 Å². The summed E-state index contributed by atoms with van der Waals surface area (Å²) in [7, 11) is 3.08. The number of esters is 1. The molecule has 1 aliphatic rings. The molecule has 0 amide bonds. The van der Waals surface area contributed by atoms with Crippen molar-refractivity contribution >= 4 is 5.97 Å². The quantitative estimate of drug-likeness (QED) is 0.807. The standard InChI is InChI=1S/C13H17NO3/c1-16-10-5-3-9(4-6-10)12-11(7-8-14-12)13(15)17-2/h3-6,11-12,14H,7-8H2,1-2H3/t11-,12-/m0/s1. The van der Waals surface area contributed by atoms with Gasteiger partial charge in [-0.15, -0.1) is 0 Å². The van der Waals surface area contributed by atoms with Crippen LogP contribution in [0, 0.1) is 5.92 Å². The lowest BCUT2D eigenvalue weighted by Crippen LogP contribution is -2.24. The maximum absolute atomic E-state index is 11.6. The molecule has 1 fully saturated rings. The van der Waals surface area contributed by atoms with Crippen molar-refractivity contribution < 1.29 is 14.3 Å². The minimum absolute atomic E-state index is 0.0494. The van der Waals surface area contributed by atoms with Crippen LogP contribution < -0.4 is 10.1 Å². The van der Waals surface area contributed by atoms with Crippen LogP contribution in [-0.2, 0) is 9.53 Å². The Morgan fingerprint density at radius 3 is 2.59 bits per heavy atom. The Bertz CT molecular complexity index is 388. The average molecular weight is 235 g/mol. The van der Waals surface area contributed by atoms with Gasteiger partial charge in [0, 0.05) is 6.04 Å². The zero-order valence-electron chi connectivity index (χ0n) is 10.1. The third-order valence-electron chi connectivity index (χ3n) is 3.20. The molecule has 1 aliphatic heterocycles. The zero-order valence-corrected chi connectivity index (χ0v) is 10.1. The Kier molecular flexibility index (Phi) is 3.64. The molecule has 2 atom stereocenters. The van der Waals surface area contributed by atoms with Crippen molar-refractivity contribution in [3.05, 3.63) is 29.8 Å². The van der Waals surface area contributed by atoms with Crippen LogP contribution in [-0.4, -0.2) is 26.7 Å². The summed E-state index contributed by atoms with van der Waals surface area (Å²) in [5, 5.41) is 3.33. The summed E-state index contributed by atoms with van der Waals surface area (Å²) in [5.74, 6) is 0.588. The summed E-state index contributed by atoms with van der Waals surface area (Å²) in [6.07, 6.45) is 0.823. The van der Waals surface area contributed by atoms with Gasteiger partial charge in [-0.05, 0) is 30.7 Å². The highest BCUT2D eigenvalue weighted by atomic mass is 16.5. The SMILES string of the molecule is COC(=O)[C@H]1CCN[C@H]1c1ccc(OC)cc1. The van der Waals surface area contributed by atoms with Gasteiger partial charge in [-0.25, -0.2) is 0 Å². The Morgan fingerprint density at radius 1 is 1.29 bits per heavy atom. The van der Waals surface area contributed by atoms with Gasteiger partial charge >= 0.3 is 5.97 Å². The van der Waals surface area contributed by atoms with Gasteiger partial charge in [0.25, 0.3) is 0 Å². The smallest absolute Gasteiger partial charge is 0.310 e. The average Bonchev–Trinajstić information content (AvgIpc) is 2.87. The van der Waals surface area contributed by atoms with Crippen LogP contribution in [0.4, 0.5) is 0 Å². The summed E-state index contributed by atoms with van der Waals surface area (Å²) < 4.78 is 9.94. The van der Waals surface area contributed by atoms with Crippen LogP contribution in [0.5, 0.6) is 5.75 Å². The maximum atomic E-state index is 11.6. The summed E-state index contributed by atoms with van der Waals surface area (Å²) in [6, 6.07) is 7.83. The highest BCUT2D eigenvalue weighted by Gasteiger charge is 2.34. The van der Waals surface area contributed by atoms with E-state index in [0.717, 1.165) is 24.3 Å². The molecule has 0 aliphatic carbocycles. The van der Waals surface area contributed by atoms with Crippen LogP contribution in [0.15, 0.2) is 24.3 Å². The molecule has 2 rings (SSSR count). The van der Waals surface area contributed by atoms with Crippen LogP contribution in [0.1, 0.15) is 18.0 Å². The third-order valence-corrected chi connectivity index (χ3v) is 3.20. The molecule has 17 heavy (non-hydrogen) atoms. The molecule has 1 heterocycles. The Balaban J connectivity index is 2.17. The van der Waals surface area contributed by atoms with E-state index in [-0.39, 0.29) is 17.9 Å². The van der Waals surface area contributed by atoms with Crippen molar-refractivity contribution in [1.29, 1.82) is 0 Å². The first-order valence-corrected chi connectivity index (χ1v) is 5.71. The molecule has 1 N–H and O–H groups in total. The molecule has 1 aromatic carbocycles. The predicted octanol–water partition coefficient (Wildman–Crippen LogP) is 1.52. The number of hydrogen-bond donors (Lipinski definition) is 1. The molecule has 0 spiro atoms. The van der Waals surface area contributed by atoms with Gasteiger partial charge in [-0.3, -0.25) is 4.79 Å². The first-order valence-electron chi connectivity index (χ1n) is 5.71. The summed E-state index contributed by atoms with van der Waals surface area (Å²) in [6.45, 7) is 0.844. The van der Waals surface area contributed by atoms with Crippen LogP contribution >= 0.6 is 0 Å². The molecule has 1 saturated heterocycles. The maximum Gasteiger partial charge on any atom is 0.310 e. The molecule has 1 aromatic rings. The fourth-order valence-electron chi connectivity index (χ4n) is 2.27. The lowest BCUT2D eigenvalue weighted by molar-refractivity contribution is -0.145. The van der Waals surface area contributed by atoms with Crippen molar-refractivity contribution in [3.63, 3.8) is 0 Å². The van der Waals surface area contributed by atoms with Gasteiger partial charge in [0.1, 0.15) is 5.75 Å². The van der Waals surface area contributed by atoms with Crippen LogP contribution in [0.3, 0.4) is 0 Å². The highest BCUT2D eigenvalue weighted by Crippen LogP contribution is 2.31. The molecule has 0 saturated carbocycles. The van der Waals surface area contributed by atoms with Gasteiger partial charge < -0.3 is 14.8 Å². The van der Waals surface area contributed by atoms with E-state index in [1.54, 1.807) is 7.11 Å². The van der Waals surface area contributed by atoms with Crippen molar-refractivity contribution in [2.75, 3.05) is 20.8 Å². The molecular formula is C13H17NO3. The van der Waals surface area contributed by atoms with E-state index in [1.807, 2.05) is 24.3 Å². The number of nitrogens with one attached hydrogen (secondary N) is 1. The normalized spacial score (nSPS) is 23.4. The fourth-order valence-corrected chi connectivity index (χ4v) is 2.27. The largest absolute Gasteiger partial charge is 0.497 e. The second-order valence-electron chi connectivity index (χ2n) is 4.12. The van der Waals surface area contributed by atoms with Crippen molar-refractivity contribution in [2.24, 2.45) is 5.92 Å². The monoisotopic (exact) mass is 235 g/mol. The van der Waals surface area contributed by atoms with Crippen LogP contribution in [0.25, 0.3) is 0 Å². The molecule has 4 nitrogen and oxygen atoms in total. The Hall–Kier alpha value is -1.55. The fraction of sp³-hybridized carbons (Fsp3) is 0.462.